The van der Waals surface area contributed by atoms with E-state index in [1.807, 2.05) is 55.5 Å². The summed E-state index contributed by atoms with van der Waals surface area (Å²) in [5.74, 6) is 1.49. The lowest BCUT2D eigenvalue weighted by Crippen LogP contribution is -2.17. The van der Waals surface area contributed by atoms with Crippen LogP contribution >= 0.6 is 11.3 Å². The van der Waals surface area contributed by atoms with Crippen LogP contribution in [0.1, 0.15) is 27.9 Å². The number of aryl methyl sites for hydroxylation is 1. The van der Waals surface area contributed by atoms with E-state index in [0.717, 1.165) is 39.6 Å². The van der Waals surface area contributed by atoms with E-state index in [4.69, 9.17) is 14.5 Å². The Balaban J connectivity index is 1.95. The summed E-state index contributed by atoms with van der Waals surface area (Å²) in [5.41, 5.74) is 2.96. The van der Waals surface area contributed by atoms with Crippen LogP contribution in [0.2, 0.25) is 0 Å². The second-order valence-corrected chi connectivity index (χ2v) is 7.37. The van der Waals surface area contributed by atoms with E-state index in [2.05, 4.69) is 4.57 Å². The Kier molecular flexibility index (Phi) is 6.31. The number of methoxy groups -OCH3 is 2. The second-order valence-electron chi connectivity index (χ2n) is 6.39. The number of aromatic nitrogens is 1. The number of para-hydroxylation sites is 1. The van der Waals surface area contributed by atoms with Gasteiger partial charge in [0.2, 0.25) is 0 Å². The van der Waals surface area contributed by atoms with Crippen LogP contribution in [0.5, 0.6) is 11.5 Å². The highest BCUT2D eigenvalue weighted by Crippen LogP contribution is 2.28. The molecule has 0 aliphatic rings. The van der Waals surface area contributed by atoms with Gasteiger partial charge < -0.3 is 14.0 Å². The zero-order valence-corrected chi connectivity index (χ0v) is 17.4. The molecule has 0 fully saturated rings. The first kappa shape index (κ1) is 19.9. The van der Waals surface area contributed by atoms with E-state index in [-0.39, 0.29) is 5.78 Å². The van der Waals surface area contributed by atoms with Gasteiger partial charge in [-0.2, -0.15) is 0 Å². The molecule has 0 radical (unpaired) electrons. The fourth-order valence-corrected chi connectivity index (χ4v) is 4.12. The molecule has 0 unspecified atom stereocenters. The smallest absolute Gasteiger partial charge is 0.190 e. The van der Waals surface area contributed by atoms with Gasteiger partial charge in [0, 0.05) is 19.2 Å². The fraction of sp³-hybridized carbons (Fsp3) is 0.273. The fourth-order valence-electron chi connectivity index (χ4n) is 3.05. The van der Waals surface area contributed by atoms with Crippen LogP contribution in [0.15, 0.2) is 53.5 Å². The van der Waals surface area contributed by atoms with Crippen molar-refractivity contribution >= 4 is 22.8 Å². The minimum atomic E-state index is 0.0666. The quantitative estimate of drug-likeness (QED) is 0.551. The van der Waals surface area contributed by atoms with Crippen LogP contribution < -0.4 is 14.3 Å². The zero-order chi connectivity index (χ0) is 20.1. The number of Topliss-reactive ketones (excluding diaryl/α,β-unsaturated/α-hetero) is 1. The summed E-state index contributed by atoms with van der Waals surface area (Å²) < 4.78 is 12.8. The molecule has 0 N–H and O–H groups in total. The maximum Gasteiger partial charge on any atom is 0.190 e. The van der Waals surface area contributed by atoms with Gasteiger partial charge in [-0.05, 0) is 43.2 Å². The minimum absolute atomic E-state index is 0.0666. The van der Waals surface area contributed by atoms with Crippen LogP contribution in [0.25, 0.3) is 0 Å². The third kappa shape index (κ3) is 4.34. The van der Waals surface area contributed by atoms with Gasteiger partial charge in [0.15, 0.2) is 22.1 Å². The average Bonchev–Trinajstić information content (AvgIpc) is 3.02. The van der Waals surface area contributed by atoms with Crippen molar-refractivity contribution in [2.24, 2.45) is 4.99 Å². The topological polar surface area (TPSA) is 52.8 Å². The van der Waals surface area contributed by atoms with Crippen molar-refractivity contribution in [1.82, 2.24) is 4.57 Å². The molecule has 2 aromatic carbocycles. The predicted molar refractivity (Wildman–Crippen MR) is 112 cm³/mol. The zero-order valence-electron chi connectivity index (χ0n) is 16.6. The predicted octanol–water partition coefficient (Wildman–Crippen LogP) is 4.55. The van der Waals surface area contributed by atoms with Crippen LogP contribution in [-0.4, -0.2) is 24.6 Å². The first-order valence-electron chi connectivity index (χ1n) is 9.05. The Morgan fingerprint density at radius 2 is 1.79 bits per heavy atom. The number of hydrogen-bond donors (Lipinski definition) is 0. The lowest BCUT2D eigenvalue weighted by Gasteiger charge is -2.11. The monoisotopic (exact) mass is 396 g/mol. The molecule has 0 saturated heterocycles. The van der Waals surface area contributed by atoms with E-state index < -0.39 is 0 Å². The summed E-state index contributed by atoms with van der Waals surface area (Å²) in [6.45, 7) is 4.30. The van der Waals surface area contributed by atoms with Crippen molar-refractivity contribution in [2.45, 2.75) is 26.8 Å². The first-order valence-corrected chi connectivity index (χ1v) is 9.87. The number of thiazole rings is 1. The maximum atomic E-state index is 12.0. The van der Waals surface area contributed by atoms with Crippen molar-refractivity contribution < 1.29 is 14.3 Å². The molecule has 28 heavy (non-hydrogen) atoms. The van der Waals surface area contributed by atoms with Crippen LogP contribution in [0.4, 0.5) is 5.69 Å². The summed E-state index contributed by atoms with van der Waals surface area (Å²) in [6.07, 6.45) is 0.789. The number of ketones is 1. The molecular formula is C22H24N2O3S. The highest BCUT2D eigenvalue weighted by molar-refractivity contribution is 7.11. The Morgan fingerprint density at radius 3 is 2.43 bits per heavy atom. The van der Waals surface area contributed by atoms with Gasteiger partial charge in [-0.15, -0.1) is 0 Å². The molecule has 0 saturated carbocycles. The number of nitrogens with zero attached hydrogens (tertiary/aromatic N) is 2. The van der Waals surface area contributed by atoms with E-state index >= 15 is 0 Å². The van der Waals surface area contributed by atoms with E-state index in [9.17, 15) is 4.79 Å². The summed E-state index contributed by atoms with van der Waals surface area (Å²) in [5, 5.41) is 0. The summed E-state index contributed by atoms with van der Waals surface area (Å²) in [6, 6.07) is 15.7. The molecule has 146 valence electrons. The van der Waals surface area contributed by atoms with Crippen molar-refractivity contribution in [1.29, 1.82) is 0 Å². The van der Waals surface area contributed by atoms with E-state index in [0.29, 0.717) is 11.5 Å². The molecule has 3 rings (SSSR count). The maximum absolute atomic E-state index is 12.0. The highest BCUT2D eigenvalue weighted by atomic mass is 32.1. The normalized spacial score (nSPS) is 11.5. The third-order valence-electron chi connectivity index (χ3n) is 4.53. The number of hydrogen-bond acceptors (Lipinski definition) is 5. The van der Waals surface area contributed by atoms with Crippen LogP contribution in [0.3, 0.4) is 0 Å². The Labute approximate surface area is 168 Å². The van der Waals surface area contributed by atoms with Gasteiger partial charge in [-0.3, -0.25) is 4.79 Å². The molecule has 5 nitrogen and oxygen atoms in total. The molecule has 1 heterocycles. The number of carbonyl (C=O) groups is 1. The van der Waals surface area contributed by atoms with E-state index in [1.54, 1.807) is 21.1 Å². The van der Waals surface area contributed by atoms with Gasteiger partial charge in [0.25, 0.3) is 0 Å². The SMILES string of the molecule is COc1ccc(CCn2c(C)c(C(C)=O)sc2=Nc2ccccc2)cc1OC. The lowest BCUT2D eigenvalue weighted by atomic mass is 10.1. The summed E-state index contributed by atoms with van der Waals surface area (Å²) in [4.78, 5) is 18.4. The third-order valence-corrected chi connectivity index (χ3v) is 5.81. The largest absolute Gasteiger partial charge is 0.493 e. The van der Waals surface area contributed by atoms with Gasteiger partial charge in [-0.1, -0.05) is 35.6 Å². The average molecular weight is 397 g/mol. The van der Waals surface area contributed by atoms with E-state index in [1.165, 1.54) is 11.3 Å². The van der Waals surface area contributed by atoms with Crippen LogP contribution in [-0.2, 0) is 13.0 Å². The molecule has 0 aliphatic carbocycles. The molecule has 0 spiro atoms. The highest BCUT2D eigenvalue weighted by Gasteiger charge is 2.14. The van der Waals surface area contributed by atoms with Gasteiger partial charge in [0.05, 0.1) is 24.8 Å². The standard InChI is InChI=1S/C22H24N2O3S/c1-15-21(16(2)25)28-22(23-18-8-6-5-7-9-18)24(15)13-12-17-10-11-19(26-3)20(14-17)27-4/h5-11,14H,12-13H2,1-4H3. The summed E-state index contributed by atoms with van der Waals surface area (Å²) >= 11 is 1.44. The first-order chi connectivity index (χ1) is 13.5. The molecule has 0 atom stereocenters. The number of rotatable bonds is 7. The Hall–Kier alpha value is -2.86. The van der Waals surface area contributed by atoms with Gasteiger partial charge in [-0.25, -0.2) is 4.99 Å². The van der Waals surface area contributed by atoms with Gasteiger partial charge >= 0.3 is 0 Å². The lowest BCUT2D eigenvalue weighted by molar-refractivity contribution is 0.102. The number of ether oxygens (including phenoxy) is 2. The Bertz CT molecular complexity index is 1040. The van der Waals surface area contributed by atoms with Crippen molar-refractivity contribution in [3.8, 4) is 11.5 Å². The molecule has 1 aromatic heterocycles. The second kappa shape index (κ2) is 8.89. The van der Waals surface area contributed by atoms with Gasteiger partial charge in [0.1, 0.15) is 0 Å². The van der Waals surface area contributed by atoms with Crippen molar-refractivity contribution in [3.05, 3.63) is 69.5 Å². The van der Waals surface area contributed by atoms with Crippen LogP contribution in [0, 0.1) is 6.92 Å². The number of carbonyl (C=O) groups excluding carboxylic acids is 1. The summed E-state index contributed by atoms with van der Waals surface area (Å²) in [7, 11) is 3.26. The molecule has 6 heteroatoms. The molecule has 0 amide bonds. The molecule has 0 bridgehead atoms. The minimum Gasteiger partial charge on any atom is -0.493 e. The Morgan fingerprint density at radius 1 is 1.07 bits per heavy atom. The molecule has 3 aromatic rings. The molecular weight excluding hydrogens is 372 g/mol. The molecule has 0 aliphatic heterocycles. The van der Waals surface area contributed by atoms with Crippen molar-refractivity contribution in [3.63, 3.8) is 0 Å². The van der Waals surface area contributed by atoms with Crippen molar-refractivity contribution in [2.75, 3.05) is 14.2 Å². The number of benzene rings is 2.